The molecule has 2 atom stereocenters. The van der Waals surface area contributed by atoms with Crippen LogP contribution < -0.4 is 10.1 Å². The molecule has 1 aliphatic carbocycles. The second-order valence-electron chi connectivity index (χ2n) is 5.56. The van der Waals surface area contributed by atoms with Crippen molar-refractivity contribution >= 4 is 11.4 Å². The third kappa shape index (κ3) is 4.68. The average molecular weight is 354 g/mol. The first-order valence-corrected chi connectivity index (χ1v) is 7.23. The third-order valence-corrected chi connectivity index (χ3v) is 3.88. The lowest BCUT2D eigenvalue weighted by atomic mass is 9.85. The molecule has 0 heterocycles. The van der Waals surface area contributed by atoms with Crippen molar-refractivity contribution in [2.45, 2.75) is 44.5 Å². The summed E-state index contributed by atoms with van der Waals surface area (Å²) in [5.74, 6) is -2.05. The van der Waals surface area contributed by atoms with Crippen molar-refractivity contribution in [1.82, 2.24) is 0 Å². The number of rotatable bonds is 5. The highest BCUT2D eigenvalue weighted by atomic mass is 19.4. The first-order chi connectivity index (χ1) is 11.2. The van der Waals surface area contributed by atoms with Gasteiger partial charge in [-0.3, -0.25) is 10.1 Å². The van der Waals surface area contributed by atoms with Crippen molar-refractivity contribution in [1.29, 1.82) is 0 Å². The van der Waals surface area contributed by atoms with Crippen LogP contribution in [0.15, 0.2) is 18.2 Å². The molecule has 0 bridgehead atoms. The van der Waals surface area contributed by atoms with Gasteiger partial charge in [-0.05, 0) is 25.3 Å². The van der Waals surface area contributed by atoms with Crippen molar-refractivity contribution in [3.05, 3.63) is 28.3 Å². The largest absolute Gasteiger partial charge is 0.427 e. The van der Waals surface area contributed by atoms with Crippen molar-refractivity contribution < 1.29 is 31.6 Å². The van der Waals surface area contributed by atoms with Gasteiger partial charge in [-0.1, -0.05) is 6.42 Å². The molecular formula is C14H15F5N2O3. The summed E-state index contributed by atoms with van der Waals surface area (Å²) in [6.45, 7) is -3.25. The topological polar surface area (TPSA) is 64.4 Å². The van der Waals surface area contributed by atoms with Gasteiger partial charge in [0.25, 0.3) is 0 Å². The molecule has 1 saturated carbocycles. The summed E-state index contributed by atoms with van der Waals surface area (Å²) < 4.78 is 67.2. The molecule has 0 aliphatic heterocycles. The second-order valence-corrected chi connectivity index (χ2v) is 5.56. The molecule has 10 heteroatoms. The molecule has 1 N–H and O–H groups in total. The van der Waals surface area contributed by atoms with Crippen molar-refractivity contribution in [3.8, 4) is 5.75 Å². The van der Waals surface area contributed by atoms with Crippen LogP contribution in [0.2, 0.25) is 0 Å². The van der Waals surface area contributed by atoms with Crippen LogP contribution in [0.25, 0.3) is 0 Å². The minimum atomic E-state index is -4.28. The van der Waals surface area contributed by atoms with Gasteiger partial charge in [0.05, 0.1) is 10.8 Å². The van der Waals surface area contributed by atoms with Crippen molar-refractivity contribution in [2.24, 2.45) is 5.92 Å². The number of halogens is 5. The molecule has 0 saturated heterocycles. The Balaban J connectivity index is 2.13. The normalized spacial score (nSPS) is 21.6. The summed E-state index contributed by atoms with van der Waals surface area (Å²) in [4.78, 5) is 9.92. The van der Waals surface area contributed by atoms with Crippen LogP contribution in [0.5, 0.6) is 5.75 Å². The Morgan fingerprint density at radius 3 is 2.58 bits per heavy atom. The molecule has 2 unspecified atom stereocenters. The summed E-state index contributed by atoms with van der Waals surface area (Å²) in [7, 11) is 0. The Bertz CT molecular complexity index is 594. The number of nitro benzene ring substituents is 1. The number of nitro groups is 1. The van der Waals surface area contributed by atoms with Gasteiger partial charge in [0.2, 0.25) is 5.75 Å². The zero-order valence-electron chi connectivity index (χ0n) is 12.4. The van der Waals surface area contributed by atoms with Gasteiger partial charge in [0, 0.05) is 23.9 Å². The van der Waals surface area contributed by atoms with Crippen LogP contribution >= 0.6 is 0 Å². The number of hydrogen-bond acceptors (Lipinski definition) is 4. The quantitative estimate of drug-likeness (QED) is 0.472. The molecule has 1 aromatic rings. The maximum Gasteiger partial charge on any atom is 0.391 e. The second kappa shape index (κ2) is 7.18. The van der Waals surface area contributed by atoms with E-state index in [1.807, 2.05) is 0 Å². The van der Waals surface area contributed by atoms with Gasteiger partial charge in [-0.2, -0.15) is 22.0 Å². The lowest BCUT2D eigenvalue weighted by molar-refractivity contribution is -0.386. The van der Waals surface area contributed by atoms with E-state index in [4.69, 9.17) is 0 Å². The molecule has 2 rings (SSSR count). The highest BCUT2D eigenvalue weighted by molar-refractivity contribution is 5.58. The molecule has 1 aromatic carbocycles. The summed E-state index contributed by atoms with van der Waals surface area (Å²) >= 11 is 0. The minimum absolute atomic E-state index is 0.0572. The van der Waals surface area contributed by atoms with Gasteiger partial charge in [-0.25, -0.2) is 0 Å². The number of anilines is 1. The SMILES string of the molecule is O=[N+]([O-])c1ccc(NC2CCCC(C(F)(F)F)C2)cc1OC(F)F. The van der Waals surface area contributed by atoms with E-state index in [-0.39, 0.29) is 18.5 Å². The van der Waals surface area contributed by atoms with Crippen LogP contribution in [0.1, 0.15) is 25.7 Å². The van der Waals surface area contributed by atoms with Gasteiger partial charge in [0.15, 0.2) is 0 Å². The zero-order valence-corrected chi connectivity index (χ0v) is 12.4. The summed E-state index contributed by atoms with van der Waals surface area (Å²) in [5.41, 5.74) is -0.443. The van der Waals surface area contributed by atoms with E-state index in [0.29, 0.717) is 12.8 Å². The molecule has 0 aromatic heterocycles. The van der Waals surface area contributed by atoms with Crippen molar-refractivity contribution in [3.63, 3.8) is 0 Å². The van der Waals surface area contributed by atoms with E-state index < -0.39 is 41.1 Å². The smallest absolute Gasteiger partial charge is 0.391 e. The highest BCUT2D eigenvalue weighted by Gasteiger charge is 2.42. The van der Waals surface area contributed by atoms with Gasteiger partial charge < -0.3 is 10.1 Å². The number of ether oxygens (including phenoxy) is 1. The van der Waals surface area contributed by atoms with Crippen LogP contribution in [-0.4, -0.2) is 23.8 Å². The highest BCUT2D eigenvalue weighted by Crippen LogP contribution is 2.39. The molecule has 0 radical (unpaired) electrons. The average Bonchev–Trinajstić information content (AvgIpc) is 2.46. The van der Waals surface area contributed by atoms with Crippen LogP contribution in [0.3, 0.4) is 0 Å². The molecule has 134 valence electrons. The number of nitrogens with zero attached hydrogens (tertiary/aromatic N) is 1. The Morgan fingerprint density at radius 2 is 2.00 bits per heavy atom. The van der Waals surface area contributed by atoms with E-state index in [9.17, 15) is 32.1 Å². The maximum absolute atomic E-state index is 12.8. The minimum Gasteiger partial charge on any atom is -0.427 e. The fraction of sp³-hybridized carbons (Fsp3) is 0.571. The van der Waals surface area contributed by atoms with E-state index >= 15 is 0 Å². The maximum atomic E-state index is 12.8. The molecule has 24 heavy (non-hydrogen) atoms. The monoisotopic (exact) mass is 354 g/mol. The van der Waals surface area contributed by atoms with Gasteiger partial charge >= 0.3 is 18.5 Å². The zero-order chi connectivity index (χ0) is 17.9. The van der Waals surface area contributed by atoms with Crippen LogP contribution in [0.4, 0.5) is 33.3 Å². The van der Waals surface area contributed by atoms with Gasteiger partial charge in [-0.15, -0.1) is 0 Å². The Morgan fingerprint density at radius 1 is 1.29 bits per heavy atom. The van der Waals surface area contributed by atoms with E-state index in [0.717, 1.165) is 12.1 Å². The first kappa shape index (κ1) is 18.2. The van der Waals surface area contributed by atoms with E-state index in [1.54, 1.807) is 0 Å². The first-order valence-electron chi connectivity index (χ1n) is 7.23. The Labute approximate surface area is 133 Å². The summed E-state index contributed by atoms with van der Waals surface area (Å²) in [6.07, 6.45) is -3.48. The summed E-state index contributed by atoms with van der Waals surface area (Å²) in [6, 6.07) is 2.74. The van der Waals surface area contributed by atoms with Crippen LogP contribution in [0, 0.1) is 16.0 Å². The molecular weight excluding hydrogens is 339 g/mol. The van der Waals surface area contributed by atoms with Crippen LogP contribution in [-0.2, 0) is 0 Å². The van der Waals surface area contributed by atoms with E-state index in [1.165, 1.54) is 6.07 Å². The Kier molecular flexibility index (Phi) is 5.45. The van der Waals surface area contributed by atoms with Crippen molar-refractivity contribution in [2.75, 3.05) is 5.32 Å². The number of alkyl halides is 5. The number of hydrogen-bond donors (Lipinski definition) is 1. The summed E-state index contributed by atoms with van der Waals surface area (Å²) in [5, 5.41) is 13.6. The molecule has 5 nitrogen and oxygen atoms in total. The predicted molar refractivity (Wildman–Crippen MR) is 75.2 cm³/mol. The number of benzene rings is 1. The van der Waals surface area contributed by atoms with E-state index in [2.05, 4.69) is 10.1 Å². The predicted octanol–water partition coefficient (Wildman–Crippen LogP) is 4.73. The fourth-order valence-electron chi connectivity index (χ4n) is 2.80. The molecule has 1 aliphatic rings. The lowest BCUT2D eigenvalue weighted by Crippen LogP contribution is -2.34. The number of nitrogens with one attached hydrogen (secondary N) is 1. The van der Waals surface area contributed by atoms with Gasteiger partial charge in [0.1, 0.15) is 0 Å². The third-order valence-electron chi connectivity index (χ3n) is 3.88. The molecule has 0 amide bonds. The Hall–Kier alpha value is -2.13. The molecule has 0 spiro atoms. The fourth-order valence-corrected chi connectivity index (χ4v) is 2.80. The standard InChI is InChI=1S/C14H15F5N2O3/c15-13(16)24-12-7-10(4-5-11(12)21(22)23)20-9-3-1-2-8(6-9)14(17,18)19/h4-5,7-9,13,20H,1-3,6H2. The molecule has 1 fully saturated rings. The lowest BCUT2D eigenvalue weighted by Gasteiger charge is -2.31.